The zero-order valence-corrected chi connectivity index (χ0v) is 9.92. The Morgan fingerprint density at radius 3 is 2.71 bits per heavy atom. The molecular weight excluding hydrogens is 228 g/mol. The van der Waals surface area contributed by atoms with Crippen LogP contribution in [0.25, 0.3) is 0 Å². The van der Waals surface area contributed by atoms with Crippen molar-refractivity contribution in [1.82, 2.24) is 10.2 Å². The van der Waals surface area contributed by atoms with Gasteiger partial charge >= 0.3 is 12.0 Å². The molecule has 2 amide bonds. The zero-order chi connectivity index (χ0) is 13.0. The third-order valence-corrected chi connectivity index (χ3v) is 2.53. The Kier molecular flexibility index (Phi) is 4.71. The maximum Gasteiger partial charge on any atom is 0.325 e. The number of hydrogen-bond donors (Lipinski definition) is 3. The van der Waals surface area contributed by atoms with Crippen molar-refractivity contribution in [3.8, 4) is 0 Å². The fourth-order valence-electron chi connectivity index (χ4n) is 1.65. The van der Waals surface area contributed by atoms with Gasteiger partial charge in [-0.05, 0) is 13.8 Å². The summed E-state index contributed by atoms with van der Waals surface area (Å²) in [6.45, 7) is 3.67. The van der Waals surface area contributed by atoms with E-state index in [1.54, 1.807) is 6.92 Å². The van der Waals surface area contributed by atoms with Crippen LogP contribution < -0.4 is 5.32 Å². The van der Waals surface area contributed by atoms with Crippen molar-refractivity contribution in [2.45, 2.75) is 32.1 Å². The lowest BCUT2D eigenvalue weighted by molar-refractivity contribution is -0.138. The number of carboxylic acid groups (broad SMARTS) is 1. The highest BCUT2D eigenvalue weighted by atomic mass is 16.5. The monoisotopic (exact) mass is 246 g/mol. The number of aliphatic carboxylic acids is 1. The van der Waals surface area contributed by atoms with Crippen LogP contribution in [0.3, 0.4) is 0 Å². The highest BCUT2D eigenvalue weighted by molar-refractivity contribution is 5.82. The number of ether oxygens (including phenoxy) is 1. The van der Waals surface area contributed by atoms with E-state index >= 15 is 0 Å². The average molecular weight is 246 g/mol. The zero-order valence-electron chi connectivity index (χ0n) is 9.92. The predicted molar refractivity (Wildman–Crippen MR) is 58.6 cm³/mol. The standard InChI is InChI=1S/C10H18N2O5/c1-6-3-12(4-8(5-13)17-6)10(16)11-7(2)9(14)15/h6-8,13H,3-5H2,1-2H3,(H,11,16)(H,14,15). The van der Waals surface area contributed by atoms with Gasteiger partial charge in [-0.3, -0.25) is 4.79 Å². The van der Waals surface area contributed by atoms with E-state index in [2.05, 4.69) is 5.32 Å². The second-order valence-corrected chi connectivity index (χ2v) is 4.17. The van der Waals surface area contributed by atoms with Crippen LogP contribution in [0.15, 0.2) is 0 Å². The van der Waals surface area contributed by atoms with E-state index < -0.39 is 24.1 Å². The summed E-state index contributed by atoms with van der Waals surface area (Å²) >= 11 is 0. The number of nitrogens with zero attached hydrogens (tertiary/aromatic N) is 1. The molecule has 1 rings (SSSR count). The molecule has 0 radical (unpaired) electrons. The van der Waals surface area contributed by atoms with Gasteiger partial charge in [-0.1, -0.05) is 0 Å². The molecule has 0 bridgehead atoms. The summed E-state index contributed by atoms with van der Waals surface area (Å²) in [6.07, 6.45) is -0.587. The summed E-state index contributed by atoms with van der Waals surface area (Å²) in [5.41, 5.74) is 0. The summed E-state index contributed by atoms with van der Waals surface area (Å²) in [5, 5.41) is 20.0. The van der Waals surface area contributed by atoms with Gasteiger partial charge in [-0.15, -0.1) is 0 Å². The van der Waals surface area contributed by atoms with Gasteiger partial charge in [0.1, 0.15) is 6.04 Å². The second-order valence-electron chi connectivity index (χ2n) is 4.17. The van der Waals surface area contributed by atoms with E-state index in [0.717, 1.165) is 0 Å². The van der Waals surface area contributed by atoms with Gasteiger partial charge in [-0.2, -0.15) is 0 Å². The minimum absolute atomic E-state index is 0.164. The molecule has 0 aromatic carbocycles. The molecule has 1 aliphatic rings. The van der Waals surface area contributed by atoms with Gasteiger partial charge in [0.05, 0.1) is 25.4 Å². The molecule has 1 aliphatic heterocycles. The van der Waals surface area contributed by atoms with Gasteiger partial charge < -0.3 is 25.2 Å². The number of urea groups is 1. The molecule has 0 spiro atoms. The lowest BCUT2D eigenvalue weighted by Crippen LogP contribution is -2.55. The first-order chi connectivity index (χ1) is 7.93. The Hall–Kier alpha value is -1.34. The van der Waals surface area contributed by atoms with E-state index in [1.165, 1.54) is 11.8 Å². The largest absolute Gasteiger partial charge is 0.480 e. The number of nitrogens with one attached hydrogen (secondary N) is 1. The number of morpholine rings is 1. The van der Waals surface area contributed by atoms with Crippen molar-refractivity contribution in [2.75, 3.05) is 19.7 Å². The number of aliphatic hydroxyl groups is 1. The van der Waals surface area contributed by atoms with E-state index in [1.807, 2.05) is 0 Å². The quantitative estimate of drug-likeness (QED) is 0.608. The van der Waals surface area contributed by atoms with Crippen molar-refractivity contribution in [1.29, 1.82) is 0 Å². The molecule has 0 aromatic heterocycles. The number of carbonyl (C=O) groups excluding carboxylic acids is 1. The molecule has 1 fully saturated rings. The molecule has 0 saturated carbocycles. The van der Waals surface area contributed by atoms with Crippen molar-refractivity contribution >= 4 is 12.0 Å². The fraction of sp³-hybridized carbons (Fsp3) is 0.800. The van der Waals surface area contributed by atoms with Gasteiger partial charge in [0, 0.05) is 6.54 Å². The Bertz CT molecular complexity index is 296. The molecule has 17 heavy (non-hydrogen) atoms. The molecule has 7 heteroatoms. The molecule has 0 aliphatic carbocycles. The highest BCUT2D eigenvalue weighted by Gasteiger charge is 2.29. The summed E-state index contributed by atoms with van der Waals surface area (Å²) in [4.78, 5) is 23.8. The smallest absolute Gasteiger partial charge is 0.325 e. The number of amides is 2. The minimum atomic E-state index is -1.08. The highest BCUT2D eigenvalue weighted by Crippen LogP contribution is 2.10. The Morgan fingerprint density at radius 1 is 1.53 bits per heavy atom. The fourth-order valence-corrected chi connectivity index (χ4v) is 1.65. The van der Waals surface area contributed by atoms with Crippen LogP contribution in [-0.4, -0.2) is 65.1 Å². The van der Waals surface area contributed by atoms with E-state index in [0.29, 0.717) is 6.54 Å². The predicted octanol–water partition coefficient (Wildman–Crippen LogP) is -0.749. The number of carbonyl (C=O) groups is 2. The molecule has 98 valence electrons. The lowest BCUT2D eigenvalue weighted by atomic mass is 10.2. The van der Waals surface area contributed by atoms with Crippen LogP contribution in [0.2, 0.25) is 0 Å². The third kappa shape index (κ3) is 3.86. The Labute approximate surface area is 99.4 Å². The molecule has 1 heterocycles. The minimum Gasteiger partial charge on any atom is -0.480 e. The molecule has 3 N–H and O–H groups in total. The molecule has 1 saturated heterocycles. The topological polar surface area (TPSA) is 99.1 Å². The molecule has 3 atom stereocenters. The first-order valence-corrected chi connectivity index (χ1v) is 5.48. The lowest BCUT2D eigenvalue weighted by Gasteiger charge is -2.36. The van der Waals surface area contributed by atoms with Crippen molar-refractivity contribution in [3.05, 3.63) is 0 Å². The van der Waals surface area contributed by atoms with Crippen LogP contribution in [0.1, 0.15) is 13.8 Å². The van der Waals surface area contributed by atoms with Gasteiger partial charge in [0.25, 0.3) is 0 Å². The Morgan fingerprint density at radius 2 is 2.18 bits per heavy atom. The van der Waals surface area contributed by atoms with Gasteiger partial charge in [0.15, 0.2) is 0 Å². The van der Waals surface area contributed by atoms with Crippen LogP contribution in [0.5, 0.6) is 0 Å². The summed E-state index contributed by atoms with van der Waals surface area (Å²) in [5.74, 6) is -1.08. The molecular formula is C10H18N2O5. The summed E-state index contributed by atoms with van der Waals surface area (Å²) in [6, 6.07) is -1.39. The number of carboxylic acids is 1. The van der Waals surface area contributed by atoms with Crippen molar-refractivity contribution in [2.24, 2.45) is 0 Å². The third-order valence-electron chi connectivity index (χ3n) is 2.53. The maximum atomic E-state index is 11.7. The first kappa shape index (κ1) is 13.7. The number of aliphatic hydroxyl groups excluding tert-OH is 1. The van der Waals surface area contributed by atoms with Crippen LogP contribution in [0, 0.1) is 0 Å². The molecule has 7 nitrogen and oxygen atoms in total. The first-order valence-electron chi connectivity index (χ1n) is 5.48. The van der Waals surface area contributed by atoms with E-state index in [-0.39, 0.29) is 19.3 Å². The Balaban J connectivity index is 2.53. The SMILES string of the molecule is CC1CN(C(=O)NC(C)C(=O)O)CC(CO)O1. The average Bonchev–Trinajstić information content (AvgIpc) is 2.27. The molecule has 0 aromatic rings. The second kappa shape index (κ2) is 5.83. The van der Waals surface area contributed by atoms with Crippen molar-refractivity contribution in [3.63, 3.8) is 0 Å². The number of hydrogen-bond acceptors (Lipinski definition) is 4. The van der Waals surface area contributed by atoms with Crippen LogP contribution in [-0.2, 0) is 9.53 Å². The van der Waals surface area contributed by atoms with Gasteiger partial charge in [-0.25, -0.2) is 4.79 Å². The van der Waals surface area contributed by atoms with E-state index in [9.17, 15) is 9.59 Å². The van der Waals surface area contributed by atoms with E-state index in [4.69, 9.17) is 14.9 Å². The van der Waals surface area contributed by atoms with Crippen LogP contribution >= 0.6 is 0 Å². The molecule has 3 unspecified atom stereocenters. The normalized spacial score (nSPS) is 26.4. The summed E-state index contributed by atoms with van der Waals surface area (Å²) in [7, 11) is 0. The van der Waals surface area contributed by atoms with Crippen LogP contribution in [0.4, 0.5) is 4.79 Å². The van der Waals surface area contributed by atoms with Crippen molar-refractivity contribution < 1.29 is 24.5 Å². The van der Waals surface area contributed by atoms with Gasteiger partial charge in [0.2, 0.25) is 0 Å². The maximum absolute atomic E-state index is 11.7. The number of rotatable bonds is 3. The summed E-state index contributed by atoms with van der Waals surface area (Å²) < 4.78 is 5.38.